The third kappa shape index (κ3) is 5.13. The molecule has 0 radical (unpaired) electrons. The van der Waals surface area contributed by atoms with Gasteiger partial charge in [0.15, 0.2) is 0 Å². The molecule has 0 fully saturated rings. The lowest BCUT2D eigenvalue weighted by atomic mass is 9.94. The van der Waals surface area contributed by atoms with Gasteiger partial charge in [-0.05, 0) is 57.0 Å². The van der Waals surface area contributed by atoms with Crippen LogP contribution in [0.4, 0.5) is 0 Å². The van der Waals surface area contributed by atoms with Crippen LogP contribution in [-0.2, 0) is 0 Å². The molecule has 2 N–H and O–H groups in total. The molecule has 1 aliphatic heterocycles. The van der Waals surface area contributed by atoms with Crippen LogP contribution in [0, 0.1) is 10.1 Å². The molecule has 0 aliphatic carbocycles. The zero-order chi connectivity index (χ0) is 22.4. The number of carbonyl (C=O) groups excluding carboxylic acids is 1. The lowest BCUT2D eigenvalue weighted by Gasteiger charge is -2.34. The predicted molar refractivity (Wildman–Crippen MR) is 122 cm³/mol. The second kappa shape index (κ2) is 9.76. The van der Waals surface area contributed by atoms with E-state index in [1.165, 1.54) is 6.08 Å². The Kier molecular flexibility index (Phi) is 7.09. The molecule has 0 saturated carbocycles. The van der Waals surface area contributed by atoms with E-state index in [9.17, 15) is 14.9 Å². The Morgan fingerprint density at radius 2 is 1.84 bits per heavy atom. The number of halogens is 1. The van der Waals surface area contributed by atoms with Crippen molar-refractivity contribution in [2.75, 3.05) is 20.6 Å². The number of rotatable bonds is 8. The molecule has 0 spiro atoms. The van der Waals surface area contributed by atoms with Crippen LogP contribution < -0.4 is 10.6 Å². The third-order valence-electron chi connectivity index (χ3n) is 5.13. The van der Waals surface area contributed by atoms with E-state index in [1.54, 1.807) is 30.5 Å². The van der Waals surface area contributed by atoms with Gasteiger partial charge >= 0.3 is 0 Å². The molecule has 0 saturated heterocycles. The SMILES string of the molecule is CN(C)CCCC1(NC(=O)c2ccccc2-c2ccccc2Cl)NC=CC=C1[N+](=O)[O-]. The van der Waals surface area contributed by atoms with Crippen molar-refractivity contribution in [2.24, 2.45) is 0 Å². The van der Waals surface area contributed by atoms with Gasteiger partial charge in [-0.2, -0.15) is 0 Å². The quantitative estimate of drug-likeness (QED) is 0.477. The molecule has 1 unspecified atom stereocenters. The molecular weight excluding hydrogens is 416 g/mol. The largest absolute Gasteiger partial charge is 0.360 e. The average Bonchev–Trinajstić information content (AvgIpc) is 2.74. The number of benzene rings is 2. The molecule has 162 valence electrons. The van der Waals surface area contributed by atoms with E-state index >= 15 is 0 Å². The molecule has 1 aliphatic rings. The highest BCUT2D eigenvalue weighted by molar-refractivity contribution is 6.33. The Balaban J connectivity index is 1.97. The number of nitrogens with one attached hydrogen (secondary N) is 2. The molecule has 1 atom stereocenters. The molecule has 1 amide bonds. The van der Waals surface area contributed by atoms with E-state index in [1.807, 2.05) is 49.3 Å². The van der Waals surface area contributed by atoms with Gasteiger partial charge in [0.05, 0.1) is 4.92 Å². The van der Waals surface area contributed by atoms with Crippen molar-refractivity contribution in [1.29, 1.82) is 0 Å². The van der Waals surface area contributed by atoms with Crippen molar-refractivity contribution < 1.29 is 9.72 Å². The summed E-state index contributed by atoms with van der Waals surface area (Å²) in [5.74, 6) is -0.420. The maximum atomic E-state index is 13.4. The summed E-state index contributed by atoms with van der Waals surface area (Å²) in [6, 6.07) is 14.3. The summed E-state index contributed by atoms with van der Waals surface area (Å²) in [7, 11) is 3.87. The maximum absolute atomic E-state index is 13.4. The van der Waals surface area contributed by atoms with Gasteiger partial charge in [0.25, 0.3) is 11.6 Å². The Morgan fingerprint density at radius 1 is 1.16 bits per heavy atom. The first-order valence-electron chi connectivity index (χ1n) is 9.94. The van der Waals surface area contributed by atoms with E-state index in [0.717, 1.165) is 12.1 Å². The van der Waals surface area contributed by atoms with Crippen molar-refractivity contribution in [1.82, 2.24) is 15.5 Å². The first kappa shape index (κ1) is 22.5. The predicted octanol–water partition coefficient (Wildman–Crippen LogP) is 4.05. The molecular formula is C23H25ClN4O3. The van der Waals surface area contributed by atoms with Gasteiger partial charge in [0.1, 0.15) is 0 Å². The van der Waals surface area contributed by atoms with Crippen molar-refractivity contribution in [3.05, 3.63) is 93.3 Å². The summed E-state index contributed by atoms with van der Waals surface area (Å²) in [5.41, 5.74) is 0.350. The lowest BCUT2D eigenvalue weighted by molar-refractivity contribution is -0.437. The van der Waals surface area contributed by atoms with Crippen molar-refractivity contribution in [3.8, 4) is 11.1 Å². The molecule has 3 rings (SSSR count). The fourth-order valence-electron chi connectivity index (χ4n) is 3.64. The highest BCUT2D eigenvalue weighted by Crippen LogP contribution is 2.31. The first-order chi connectivity index (χ1) is 14.8. The first-order valence-corrected chi connectivity index (χ1v) is 10.3. The Labute approximate surface area is 186 Å². The number of hydrogen-bond acceptors (Lipinski definition) is 5. The van der Waals surface area contributed by atoms with E-state index in [2.05, 4.69) is 10.6 Å². The minimum Gasteiger partial charge on any atom is -0.360 e. The molecule has 2 aromatic carbocycles. The van der Waals surface area contributed by atoms with Gasteiger partial charge in [-0.25, -0.2) is 0 Å². The van der Waals surface area contributed by atoms with Gasteiger partial charge in [-0.1, -0.05) is 48.0 Å². The van der Waals surface area contributed by atoms with E-state index in [0.29, 0.717) is 29.0 Å². The number of dihydropyridines is 1. The molecule has 0 aromatic heterocycles. The van der Waals surface area contributed by atoms with E-state index in [-0.39, 0.29) is 5.70 Å². The minimum absolute atomic E-state index is 0.0997. The highest BCUT2D eigenvalue weighted by Gasteiger charge is 2.44. The Morgan fingerprint density at radius 3 is 2.52 bits per heavy atom. The van der Waals surface area contributed by atoms with Gasteiger partial charge in [0.2, 0.25) is 5.66 Å². The van der Waals surface area contributed by atoms with Gasteiger partial charge in [-0.3, -0.25) is 14.9 Å². The van der Waals surface area contributed by atoms with Crippen LogP contribution in [0.25, 0.3) is 11.1 Å². The molecule has 2 aromatic rings. The van der Waals surface area contributed by atoms with Crippen LogP contribution in [0.3, 0.4) is 0 Å². The molecule has 7 nitrogen and oxygen atoms in total. The summed E-state index contributed by atoms with van der Waals surface area (Å²) >= 11 is 6.36. The smallest absolute Gasteiger partial charge is 0.291 e. The van der Waals surface area contributed by atoms with Crippen LogP contribution in [0.15, 0.2) is 72.6 Å². The number of amides is 1. The summed E-state index contributed by atoms with van der Waals surface area (Å²) in [4.78, 5) is 26.8. The van der Waals surface area contributed by atoms with Crippen LogP contribution in [-0.4, -0.2) is 42.0 Å². The number of allylic oxidation sites excluding steroid dienone is 2. The lowest BCUT2D eigenvalue weighted by Crippen LogP contribution is -2.60. The molecule has 31 heavy (non-hydrogen) atoms. The van der Waals surface area contributed by atoms with Crippen molar-refractivity contribution in [2.45, 2.75) is 18.5 Å². The molecule has 1 heterocycles. The average molecular weight is 441 g/mol. The molecule has 0 bridgehead atoms. The van der Waals surface area contributed by atoms with Crippen LogP contribution in [0.5, 0.6) is 0 Å². The zero-order valence-corrected chi connectivity index (χ0v) is 18.2. The standard InChI is InChI=1S/C23H25ClN4O3/c1-27(2)16-8-14-23(21(28(30)31)13-7-15-25-23)26-22(29)19-11-4-3-9-17(19)18-10-5-6-12-20(18)24/h3-7,9-13,15,25H,8,14,16H2,1-2H3,(H,26,29). The number of hydrogen-bond donors (Lipinski definition) is 2. The summed E-state index contributed by atoms with van der Waals surface area (Å²) in [6.45, 7) is 0.726. The monoisotopic (exact) mass is 440 g/mol. The third-order valence-corrected chi connectivity index (χ3v) is 5.46. The van der Waals surface area contributed by atoms with E-state index in [4.69, 9.17) is 11.6 Å². The summed E-state index contributed by atoms with van der Waals surface area (Å²) in [5, 5.41) is 18.3. The Hall–Kier alpha value is -3.16. The number of nitro groups is 1. The Bertz CT molecular complexity index is 1030. The fourth-order valence-corrected chi connectivity index (χ4v) is 3.88. The summed E-state index contributed by atoms with van der Waals surface area (Å²) in [6.07, 6.45) is 5.59. The normalized spacial score (nSPS) is 17.7. The van der Waals surface area contributed by atoms with Crippen molar-refractivity contribution in [3.63, 3.8) is 0 Å². The second-order valence-electron chi connectivity index (χ2n) is 7.60. The highest BCUT2D eigenvalue weighted by atomic mass is 35.5. The maximum Gasteiger partial charge on any atom is 0.291 e. The second-order valence-corrected chi connectivity index (χ2v) is 8.01. The fraction of sp³-hybridized carbons (Fsp3) is 0.261. The summed E-state index contributed by atoms with van der Waals surface area (Å²) < 4.78 is 0. The number of carbonyl (C=O) groups is 1. The minimum atomic E-state index is -1.32. The topological polar surface area (TPSA) is 87.5 Å². The molecule has 8 heteroatoms. The van der Waals surface area contributed by atoms with Gasteiger partial charge in [-0.15, -0.1) is 0 Å². The van der Waals surface area contributed by atoms with Crippen molar-refractivity contribution >= 4 is 17.5 Å². The van der Waals surface area contributed by atoms with Crippen LogP contribution >= 0.6 is 11.6 Å². The van der Waals surface area contributed by atoms with Gasteiger partial charge < -0.3 is 15.5 Å². The van der Waals surface area contributed by atoms with E-state index < -0.39 is 16.5 Å². The van der Waals surface area contributed by atoms with Crippen LogP contribution in [0.1, 0.15) is 23.2 Å². The number of nitrogens with zero attached hydrogens (tertiary/aromatic N) is 2. The zero-order valence-electron chi connectivity index (χ0n) is 17.5. The van der Waals surface area contributed by atoms with Crippen LogP contribution in [0.2, 0.25) is 5.02 Å². The van der Waals surface area contributed by atoms with Gasteiger partial charge in [0, 0.05) is 28.6 Å².